The van der Waals surface area contributed by atoms with Gasteiger partial charge in [0.2, 0.25) is 5.91 Å². The zero-order chi connectivity index (χ0) is 19.8. The van der Waals surface area contributed by atoms with Crippen LogP contribution in [0.1, 0.15) is 29.7 Å². The summed E-state index contributed by atoms with van der Waals surface area (Å²) in [5, 5.41) is 0. The van der Waals surface area contributed by atoms with Gasteiger partial charge in [-0.1, -0.05) is 35.9 Å². The van der Waals surface area contributed by atoms with Crippen LogP contribution < -0.4 is 9.80 Å². The van der Waals surface area contributed by atoms with Crippen molar-refractivity contribution in [1.82, 2.24) is 4.57 Å². The second-order valence-corrected chi connectivity index (χ2v) is 8.28. The van der Waals surface area contributed by atoms with Crippen molar-refractivity contribution in [2.45, 2.75) is 32.9 Å². The van der Waals surface area contributed by atoms with Crippen LogP contribution in [-0.4, -0.2) is 23.6 Å². The molecule has 0 unspecified atom stereocenters. The minimum Gasteiger partial charge on any atom is -0.371 e. The van der Waals surface area contributed by atoms with E-state index in [-0.39, 0.29) is 11.8 Å². The van der Waals surface area contributed by atoms with Gasteiger partial charge in [-0.3, -0.25) is 4.79 Å². The van der Waals surface area contributed by atoms with Gasteiger partial charge in [0, 0.05) is 48.8 Å². The Morgan fingerprint density at radius 1 is 0.931 bits per heavy atom. The lowest BCUT2D eigenvalue weighted by atomic mass is 9.94. The largest absolute Gasteiger partial charge is 0.371 e. The van der Waals surface area contributed by atoms with Gasteiger partial charge in [0.15, 0.2) is 0 Å². The molecule has 4 nitrogen and oxygen atoms in total. The fourth-order valence-corrected chi connectivity index (χ4v) is 4.72. The van der Waals surface area contributed by atoms with Crippen molar-refractivity contribution in [3.63, 3.8) is 0 Å². The molecule has 1 fully saturated rings. The number of carbonyl (C=O) groups is 1. The molecule has 4 heteroatoms. The predicted molar refractivity (Wildman–Crippen MR) is 117 cm³/mol. The molecule has 29 heavy (non-hydrogen) atoms. The second kappa shape index (κ2) is 7.43. The van der Waals surface area contributed by atoms with E-state index in [1.807, 2.05) is 11.0 Å². The Balaban J connectivity index is 1.38. The van der Waals surface area contributed by atoms with Crippen LogP contribution in [0.5, 0.6) is 0 Å². The van der Waals surface area contributed by atoms with Gasteiger partial charge in [0.25, 0.3) is 0 Å². The number of hydrogen-bond donors (Lipinski definition) is 0. The van der Waals surface area contributed by atoms with Crippen molar-refractivity contribution in [2.75, 3.05) is 22.9 Å². The number of nitrogens with zero attached hydrogens (tertiary/aromatic N) is 3. The number of piperidine rings is 1. The van der Waals surface area contributed by atoms with Crippen LogP contribution in [0.4, 0.5) is 11.4 Å². The Hall–Kier alpha value is -3.01. The number of aryl methyl sites for hydroxylation is 1. The lowest BCUT2D eigenvalue weighted by Crippen LogP contribution is -2.42. The maximum atomic E-state index is 13.6. The summed E-state index contributed by atoms with van der Waals surface area (Å²) in [6, 6.07) is 21.2. The summed E-state index contributed by atoms with van der Waals surface area (Å²) in [6.45, 7) is 5.47. The number of fused-ring (bicyclic) bond motifs is 2. The van der Waals surface area contributed by atoms with Crippen LogP contribution in [0.3, 0.4) is 0 Å². The number of para-hydroxylation sites is 1. The van der Waals surface area contributed by atoms with Gasteiger partial charge >= 0.3 is 0 Å². The summed E-state index contributed by atoms with van der Waals surface area (Å²) in [6.07, 6.45) is 3.94. The monoisotopic (exact) mass is 385 g/mol. The second-order valence-electron chi connectivity index (χ2n) is 8.28. The van der Waals surface area contributed by atoms with E-state index in [1.165, 1.54) is 22.5 Å². The first-order chi connectivity index (χ1) is 14.2. The van der Waals surface area contributed by atoms with E-state index in [4.69, 9.17) is 0 Å². The average Bonchev–Trinajstić information content (AvgIpc) is 3.13. The van der Waals surface area contributed by atoms with E-state index in [1.54, 1.807) is 0 Å². The highest BCUT2D eigenvalue weighted by molar-refractivity contribution is 5.96. The Bertz CT molecular complexity index is 1020. The molecular weight excluding hydrogens is 358 g/mol. The van der Waals surface area contributed by atoms with Crippen molar-refractivity contribution >= 4 is 17.3 Å². The number of carbonyl (C=O) groups excluding carboxylic acids is 1. The number of anilines is 2. The maximum absolute atomic E-state index is 13.6. The van der Waals surface area contributed by atoms with Crippen LogP contribution in [0, 0.1) is 12.8 Å². The topological polar surface area (TPSA) is 28.5 Å². The number of benzene rings is 2. The van der Waals surface area contributed by atoms with E-state index in [0.29, 0.717) is 6.54 Å². The fourth-order valence-electron chi connectivity index (χ4n) is 4.72. The van der Waals surface area contributed by atoms with Crippen LogP contribution in [-0.2, 0) is 17.9 Å². The van der Waals surface area contributed by atoms with Crippen LogP contribution >= 0.6 is 0 Å². The summed E-state index contributed by atoms with van der Waals surface area (Å²) in [7, 11) is 0. The first-order valence-corrected chi connectivity index (χ1v) is 10.5. The normalized spacial score (nSPS) is 16.9. The molecule has 0 bridgehead atoms. The smallest absolute Gasteiger partial charge is 0.230 e. The molecule has 0 atom stereocenters. The number of rotatable bonds is 2. The molecule has 2 aliphatic rings. The van der Waals surface area contributed by atoms with Gasteiger partial charge in [-0.25, -0.2) is 0 Å². The van der Waals surface area contributed by atoms with Gasteiger partial charge in [0.1, 0.15) is 0 Å². The highest BCUT2D eigenvalue weighted by Gasteiger charge is 2.32. The number of hydrogen-bond acceptors (Lipinski definition) is 2. The van der Waals surface area contributed by atoms with Crippen LogP contribution in [0.2, 0.25) is 0 Å². The summed E-state index contributed by atoms with van der Waals surface area (Å²) in [5.41, 5.74) is 6.01. The fraction of sp³-hybridized carbons (Fsp3) is 0.320. The zero-order valence-corrected chi connectivity index (χ0v) is 16.9. The number of amides is 1. The van der Waals surface area contributed by atoms with Crippen LogP contribution in [0.15, 0.2) is 66.9 Å². The highest BCUT2D eigenvalue weighted by Crippen LogP contribution is 2.32. The summed E-state index contributed by atoms with van der Waals surface area (Å²) in [4.78, 5) is 18.1. The molecule has 0 radical (unpaired) electrons. The molecule has 3 heterocycles. The molecule has 1 amide bonds. The SMILES string of the molecule is Cc1ccc2c(c1)Cn1cccc1CN2C(=O)C1CCN(c2ccccc2)CC1. The molecule has 0 saturated carbocycles. The third-order valence-corrected chi connectivity index (χ3v) is 6.34. The maximum Gasteiger partial charge on any atom is 0.230 e. The molecule has 2 aromatic carbocycles. The first-order valence-electron chi connectivity index (χ1n) is 10.5. The molecule has 5 rings (SSSR count). The minimum atomic E-state index is 0.0885. The van der Waals surface area contributed by atoms with Gasteiger partial charge in [-0.2, -0.15) is 0 Å². The zero-order valence-electron chi connectivity index (χ0n) is 16.9. The van der Waals surface area contributed by atoms with Crippen LogP contribution in [0.25, 0.3) is 0 Å². The van der Waals surface area contributed by atoms with Crippen molar-refractivity contribution < 1.29 is 4.79 Å². The molecule has 148 valence electrons. The van der Waals surface area contributed by atoms with E-state index in [2.05, 4.69) is 77.2 Å². The third kappa shape index (κ3) is 3.44. The minimum absolute atomic E-state index is 0.0885. The van der Waals surface area contributed by atoms with Gasteiger partial charge in [-0.05, 0) is 55.7 Å². The quantitative estimate of drug-likeness (QED) is 0.645. The van der Waals surface area contributed by atoms with Gasteiger partial charge in [-0.15, -0.1) is 0 Å². The number of aromatic nitrogens is 1. The lowest BCUT2D eigenvalue weighted by Gasteiger charge is -2.35. The average molecular weight is 386 g/mol. The molecule has 0 N–H and O–H groups in total. The first kappa shape index (κ1) is 18.0. The van der Waals surface area contributed by atoms with E-state index in [0.717, 1.165) is 38.2 Å². The predicted octanol–water partition coefficient (Wildman–Crippen LogP) is 4.61. The third-order valence-electron chi connectivity index (χ3n) is 6.34. The van der Waals surface area contributed by atoms with Gasteiger partial charge < -0.3 is 14.4 Å². The van der Waals surface area contributed by atoms with Crippen molar-refractivity contribution in [3.8, 4) is 0 Å². The van der Waals surface area contributed by atoms with Crippen molar-refractivity contribution in [3.05, 3.63) is 83.7 Å². The summed E-state index contributed by atoms with van der Waals surface area (Å²) in [5.74, 6) is 0.364. The van der Waals surface area contributed by atoms with E-state index in [9.17, 15) is 4.79 Å². The molecule has 1 aromatic heterocycles. The van der Waals surface area contributed by atoms with Crippen molar-refractivity contribution in [1.29, 1.82) is 0 Å². The molecule has 0 aliphatic carbocycles. The lowest BCUT2D eigenvalue weighted by molar-refractivity contribution is -0.123. The highest BCUT2D eigenvalue weighted by atomic mass is 16.2. The molecule has 2 aliphatic heterocycles. The Morgan fingerprint density at radius 2 is 1.72 bits per heavy atom. The summed E-state index contributed by atoms with van der Waals surface area (Å²) >= 11 is 0. The summed E-state index contributed by atoms with van der Waals surface area (Å²) < 4.78 is 2.27. The molecule has 3 aromatic rings. The van der Waals surface area contributed by atoms with E-state index < -0.39 is 0 Å². The van der Waals surface area contributed by atoms with E-state index >= 15 is 0 Å². The molecule has 0 spiro atoms. The Kier molecular flexibility index (Phi) is 4.62. The Labute approximate surface area is 172 Å². The molecular formula is C25H27N3O. The Morgan fingerprint density at radius 3 is 2.52 bits per heavy atom. The standard InChI is InChI=1S/C25H27N3O/c1-19-9-10-24-21(16-19)17-27-13-5-8-23(27)18-28(24)25(29)20-11-14-26(15-12-20)22-6-3-2-4-7-22/h2-10,13,16,20H,11-12,14-15,17-18H2,1H3. The van der Waals surface area contributed by atoms with Crippen molar-refractivity contribution in [2.24, 2.45) is 5.92 Å². The van der Waals surface area contributed by atoms with Gasteiger partial charge in [0.05, 0.1) is 6.54 Å². The molecule has 1 saturated heterocycles.